The van der Waals surface area contributed by atoms with E-state index in [1.165, 1.54) is 11.1 Å². The minimum absolute atomic E-state index is 0.0189. The summed E-state index contributed by atoms with van der Waals surface area (Å²) in [5.41, 5.74) is 9.44. The number of carbonyl (C=O) groups excluding carboxylic acids is 1. The number of hydrogen-bond donors (Lipinski definition) is 2. The Morgan fingerprint density at radius 1 is 1.26 bits per heavy atom. The third-order valence-electron chi connectivity index (χ3n) is 4.15. The maximum atomic E-state index is 12.4. The number of hydrogen-bond acceptors (Lipinski definition) is 2. The number of carbonyl (C=O) groups is 1. The van der Waals surface area contributed by atoms with Gasteiger partial charge in [0.15, 0.2) is 0 Å². The van der Waals surface area contributed by atoms with E-state index in [4.69, 9.17) is 5.73 Å². The molecule has 0 spiro atoms. The van der Waals surface area contributed by atoms with Crippen LogP contribution in [0.2, 0.25) is 0 Å². The van der Waals surface area contributed by atoms with Crippen LogP contribution in [0, 0.1) is 5.92 Å². The average molecular weight is 260 g/mol. The van der Waals surface area contributed by atoms with Gasteiger partial charge < -0.3 is 11.1 Å². The second-order valence-electron chi connectivity index (χ2n) is 5.35. The van der Waals surface area contributed by atoms with Crippen LogP contribution in [0.15, 0.2) is 18.2 Å². The predicted molar refractivity (Wildman–Crippen MR) is 79.1 cm³/mol. The van der Waals surface area contributed by atoms with Crippen molar-refractivity contribution in [1.82, 2.24) is 0 Å². The van der Waals surface area contributed by atoms with Gasteiger partial charge in [0.25, 0.3) is 0 Å². The van der Waals surface area contributed by atoms with Crippen LogP contribution in [0.1, 0.15) is 44.2 Å². The molecule has 1 fully saturated rings. The summed E-state index contributed by atoms with van der Waals surface area (Å²) in [7, 11) is 0. The Balaban J connectivity index is 2.20. The summed E-state index contributed by atoms with van der Waals surface area (Å²) in [6.07, 6.45) is 4.81. The molecule has 2 rings (SSSR count). The molecule has 104 valence electrons. The Labute approximate surface area is 115 Å². The maximum absolute atomic E-state index is 12.4. The zero-order chi connectivity index (χ0) is 13.8. The van der Waals surface area contributed by atoms with E-state index in [-0.39, 0.29) is 17.9 Å². The first-order valence-electron chi connectivity index (χ1n) is 7.34. The fourth-order valence-corrected chi connectivity index (χ4v) is 2.93. The second kappa shape index (κ2) is 6.20. The molecule has 2 atom stereocenters. The molecule has 3 N–H and O–H groups in total. The van der Waals surface area contributed by atoms with Crippen molar-refractivity contribution in [2.24, 2.45) is 11.7 Å². The summed E-state index contributed by atoms with van der Waals surface area (Å²) in [4.78, 5) is 12.4. The first kappa shape index (κ1) is 14.1. The first-order chi connectivity index (χ1) is 9.17. The Hall–Kier alpha value is -1.35. The molecular weight excluding hydrogens is 236 g/mol. The van der Waals surface area contributed by atoms with E-state index in [0.717, 1.165) is 37.8 Å². The summed E-state index contributed by atoms with van der Waals surface area (Å²) in [6.45, 7) is 4.23. The lowest BCUT2D eigenvalue weighted by atomic mass is 10.00. The van der Waals surface area contributed by atoms with Gasteiger partial charge in [0.2, 0.25) is 5.91 Å². The van der Waals surface area contributed by atoms with Crippen molar-refractivity contribution in [2.75, 3.05) is 5.32 Å². The second-order valence-corrected chi connectivity index (χ2v) is 5.35. The minimum Gasteiger partial charge on any atom is -0.327 e. The highest BCUT2D eigenvalue weighted by Gasteiger charge is 2.30. The van der Waals surface area contributed by atoms with Crippen LogP contribution in [0.25, 0.3) is 0 Å². The van der Waals surface area contributed by atoms with Gasteiger partial charge in [0, 0.05) is 11.7 Å². The maximum Gasteiger partial charge on any atom is 0.229 e. The van der Waals surface area contributed by atoms with E-state index < -0.39 is 0 Å². The normalized spacial score (nSPS) is 22.5. The third-order valence-corrected chi connectivity index (χ3v) is 4.15. The molecule has 3 heteroatoms. The Bertz CT molecular complexity index is 434. The largest absolute Gasteiger partial charge is 0.327 e. The molecule has 0 saturated heterocycles. The van der Waals surface area contributed by atoms with Crippen molar-refractivity contribution < 1.29 is 4.79 Å². The SMILES string of the molecule is CCc1cccc(CC)c1NC(=O)C1CCCC1N. The topological polar surface area (TPSA) is 55.1 Å². The van der Waals surface area contributed by atoms with E-state index >= 15 is 0 Å². The van der Waals surface area contributed by atoms with Crippen LogP contribution in [-0.2, 0) is 17.6 Å². The summed E-state index contributed by atoms with van der Waals surface area (Å²) in [6, 6.07) is 6.26. The van der Waals surface area contributed by atoms with E-state index in [2.05, 4.69) is 37.4 Å². The lowest BCUT2D eigenvalue weighted by Crippen LogP contribution is -2.34. The number of benzene rings is 1. The van der Waals surface area contributed by atoms with Crippen LogP contribution in [0.4, 0.5) is 5.69 Å². The summed E-state index contributed by atoms with van der Waals surface area (Å²) in [5, 5.41) is 3.13. The highest BCUT2D eigenvalue weighted by Crippen LogP contribution is 2.28. The average Bonchev–Trinajstić information content (AvgIpc) is 2.85. The molecule has 1 amide bonds. The Morgan fingerprint density at radius 2 is 1.89 bits per heavy atom. The lowest BCUT2D eigenvalue weighted by molar-refractivity contribution is -0.120. The molecule has 1 saturated carbocycles. The molecular formula is C16H24N2O. The van der Waals surface area contributed by atoms with Crippen molar-refractivity contribution in [3.05, 3.63) is 29.3 Å². The van der Waals surface area contributed by atoms with Crippen LogP contribution in [0.3, 0.4) is 0 Å². The number of anilines is 1. The first-order valence-corrected chi connectivity index (χ1v) is 7.34. The highest BCUT2D eigenvalue weighted by molar-refractivity contribution is 5.94. The molecule has 2 unspecified atom stereocenters. The number of nitrogens with one attached hydrogen (secondary N) is 1. The number of aryl methyl sites for hydroxylation is 2. The van der Waals surface area contributed by atoms with E-state index in [1.807, 2.05) is 0 Å². The number of rotatable bonds is 4. The number of nitrogens with two attached hydrogens (primary N) is 1. The molecule has 0 aromatic heterocycles. The third kappa shape index (κ3) is 2.98. The van der Waals surface area contributed by atoms with Gasteiger partial charge in [0.05, 0.1) is 5.92 Å². The van der Waals surface area contributed by atoms with Crippen molar-refractivity contribution in [3.63, 3.8) is 0 Å². The molecule has 1 aromatic carbocycles. The van der Waals surface area contributed by atoms with E-state index in [0.29, 0.717) is 0 Å². The van der Waals surface area contributed by atoms with Crippen LogP contribution < -0.4 is 11.1 Å². The van der Waals surface area contributed by atoms with Crippen LogP contribution >= 0.6 is 0 Å². The van der Waals surface area contributed by atoms with Crippen molar-refractivity contribution in [2.45, 2.75) is 52.0 Å². The van der Waals surface area contributed by atoms with E-state index in [9.17, 15) is 4.79 Å². The highest BCUT2D eigenvalue weighted by atomic mass is 16.1. The molecule has 1 aliphatic rings. The van der Waals surface area contributed by atoms with Gasteiger partial charge in [-0.1, -0.05) is 38.5 Å². The molecule has 1 aromatic rings. The van der Waals surface area contributed by atoms with Crippen LogP contribution in [-0.4, -0.2) is 11.9 Å². The molecule has 19 heavy (non-hydrogen) atoms. The lowest BCUT2D eigenvalue weighted by Gasteiger charge is -2.19. The fourth-order valence-electron chi connectivity index (χ4n) is 2.93. The zero-order valence-electron chi connectivity index (χ0n) is 11.9. The quantitative estimate of drug-likeness (QED) is 0.874. The molecule has 0 aliphatic heterocycles. The Morgan fingerprint density at radius 3 is 2.37 bits per heavy atom. The predicted octanol–water partition coefficient (Wildman–Crippen LogP) is 2.88. The van der Waals surface area contributed by atoms with Crippen LogP contribution in [0.5, 0.6) is 0 Å². The van der Waals surface area contributed by atoms with Gasteiger partial charge in [0.1, 0.15) is 0 Å². The molecule has 0 heterocycles. The summed E-state index contributed by atoms with van der Waals surface area (Å²) in [5.74, 6) is 0.0789. The van der Waals surface area contributed by atoms with Gasteiger partial charge >= 0.3 is 0 Å². The molecule has 3 nitrogen and oxygen atoms in total. The summed E-state index contributed by atoms with van der Waals surface area (Å²) >= 11 is 0. The number of para-hydroxylation sites is 1. The molecule has 0 radical (unpaired) electrons. The van der Waals surface area contributed by atoms with Gasteiger partial charge in [-0.05, 0) is 36.8 Å². The standard InChI is InChI=1S/C16H24N2O/c1-3-11-7-5-8-12(4-2)15(11)18-16(19)13-9-6-10-14(13)17/h5,7-8,13-14H,3-4,6,9-10,17H2,1-2H3,(H,18,19). The Kier molecular flexibility index (Phi) is 4.59. The van der Waals surface area contributed by atoms with Gasteiger partial charge in [-0.15, -0.1) is 0 Å². The van der Waals surface area contributed by atoms with Crippen molar-refractivity contribution in [3.8, 4) is 0 Å². The van der Waals surface area contributed by atoms with Gasteiger partial charge in [-0.2, -0.15) is 0 Å². The van der Waals surface area contributed by atoms with E-state index in [1.54, 1.807) is 0 Å². The smallest absolute Gasteiger partial charge is 0.229 e. The van der Waals surface area contributed by atoms with Gasteiger partial charge in [-0.25, -0.2) is 0 Å². The van der Waals surface area contributed by atoms with Crippen molar-refractivity contribution >= 4 is 11.6 Å². The summed E-state index contributed by atoms with van der Waals surface area (Å²) < 4.78 is 0. The monoisotopic (exact) mass is 260 g/mol. The number of amides is 1. The fraction of sp³-hybridized carbons (Fsp3) is 0.562. The molecule has 0 bridgehead atoms. The van der Waals surface area contributed by atoms with Crippen molar-refractivity contribution in [1.29, 1.82) is 0 Å². The molecule has 1 aliphatic carbocycles. The zero-order valence-corrected chi connectivity index (χ0v) is 11.9. The van der Waals surface area contributed by atoms with Gasteiger partial charge in [-0.3, -0.25) is 4.79 Å². The minimum atomic E-state index is -0.0189.